The van der Waals surface area contributed by atoms with Crippen LogP contribution >= 0.6 is 0 Å². The van der Waals surface area contributed by atoms with Gasteiger partial charge in [-0.1, -0.05) is 26.0 Å². The molecular weight excluding hydrogens is 280 g/mol. The average Bonchev–Trinajstić information content (AvgIpc) is 2.43. The van der Waals surface area contributed by atoms with Crippen molar-refractivity contribution in [3.63, 3.8) is 0 Å². The van der Waals surface area contributed by atoms with E-state index >= 15 is 0 Å². The standard InChI is InChI=1S/C17H24N2O3/c1-12(2)9-10-22-15(20)11-19-14-8-6-5-7-13(14)18-17(3,4)16(19)21/h5-8,12,18H,9-11H2,1-4H3. The van der Waals surface area contributed by atoms with Crippen molar-refractivity contribution < 1.29 is 14.3 Å². The third kappa shape index (κ3) is 3.59. The van der Waals surface area contributed by atoms with Crippen LogP contribution in [0.15, 0.2) is 24.3 Å². The third-order valence-electron chi connectivity index (χ3n) is 3.67. The van der Waals surface area contributed by atoms with Crippen LogP contribution in [0, 0.1) is 5.92 Å². The molecule has 120 valence electrons. The summed E-state index contributed by atoms with van der Waals surface area (Å²) in [5, 5.41) is 3.20. The molecule has 0 bridgehead atoms. The zero-order valence-electron chi connectivity index (χ0n) is 13.7. The lowest BCUT2D eigenvalue weighted by molar-refractivity contribution is -0.143. The third-order valence-corrected chi connectivity index (χ3v) is 3.67. The Bertz CT molecular complexity index is 567. The van der Waals surface area contributed by atoms with Crippen LogP contribution in [-0.2, 0) is 14.3 Å². The molecule has 1 aromatic rings. The Kier molecular flexibility index (Phi) is 4.74. The zero-order valence-corrected chi connectivity index (χ0v) is 13.7. The molecule has 0 saturated carbocycles. The Labute approximate surface area is 131 Å². The minimum Gasteiger partial charge on any atom is -0.464 e. The van der Waals surface area contributed by atoms with Gasteiger partial charge in [0.25, 0.3) is 5.91 Å². The second kappa shape index (κ2) is 6.38. The van der Waals surface area contributed by atoms with Gasteiger partial charge in [-0.05, 0) is 38.3 Å². The number of nitrogens with zero attached hydrogens (tertiary/aromatic N) is 1. The van der Waals surface area contributed by atoms with Crippen LogP contribution < -0.4 is 10.2 Å². The number of carbonyl (C=O) groups excluding carboxylic acids is 2. The topological polar surface area (TPSA) is 58.6 Å². The van der Waals surface area contributed by atoms with Crippen molar-refractivity contribution in [1.29, 1.82) is 0 Å². The highest BCUT2D eigenvalue weighted by Gasteiger charge is 2.39. The van der Waals surface area contributed by atoms with E-state index in [9.17, 15) is 9.59 Å². The fourth-order valence-electron chi connectivity index (χ4n) is 2.39. The molecule has 22 heavy (non-hydrogen) atoms. The van der Waals surface area contributed by atoms with Gasteiger partial charge in [-0.25, -0.2) is 0 Å². The van der Waals surface area contributed by atoms with Gasteiger partial charge >= 0.3 is 5.97 Å². The minimum absolute atomic E-state index is 0.0565. The van der Waals surface area contributed by atoms with Gasteiger partial charge in [-0.3, -0.25) is 14.5 Å². The molecule has 1 aliphatic heterocycles. The van der Waals surface area contributed by atoms with Gasteiger partial charge in [-0.2, -0.15) is 0 Å². The van der Waals surface area contributed by atoms with E-state index < -0.39 is 5.54 Å². The molecule has 5 heteroatoms. The summed E-state index contributed by atoms with van der Waals surface area (Å²) < 4.78 is 5.23. The molecule has 1 N–H and O–H groups in total. The highest BCUT2D eigenvalue weighted by atomic mass is 16.5. The number of anilines is 2. The lowest BCUT2D eigenvalue weighted by Gasteiger charge is -2.39. The van der Waals surface area contributed by atoms with E-state index in [1.54, 1.807) is 0 Å². The first-order valence-electron chi connectivity index (χ1n) is 7.66. The number of amides is 1. The van der Waals surface area contributed by atoms with Crippen LogP contribution in [0.3, 0.4) is 0 Å². The first-order chi connectivity index (χ1) is 10.3. The van der Waals surface area contributed by atoms with Crippen LogP contribution in [0.1, 0.15) is 34.1 Å². The quantitative estimate of drug-likeness (QED) is 0.850. The van der Waals surface area contributed by atoms with E-state index in [0.717, 1.165) is 12.1 Å². The molecule has 1 heterocycles. The summed E-state index contributed by atoms with van der Waals surface area (Å²) >= 11 is 0. The highest BCUT2D eigenvalue weighted by molar-refractivity contribution is 6.09. The molecule has 1 amide bonds. The van der Waals surface area contributed by atoms with Gasteiger partial charge in [0.1, 0.15) is 12.1 Å². The van der Waals surface area contributed by atoms with E-state index in [4.69, 9.17) is 4.74 Å². The summed E-state index contributed by atoms with van der Waals surface area (Å²) in [6, 6.07) is 7.48. The predicted octanol–water partition coefficient (Wildman–Crippen LogP) is 2.81. The second-order valence-corrected chi connectivity index (χ2v) is 6.56. The van der Waals surface area contributed by atoms with E-state index in [0.29, 0.717) is 18.2 Å². The molecule has 5 nitrogen and oxygen atoms in total. The van der Waals surface area contributed by atoms with Gasteiger partial charge < -0.3 is 10.1 Å². The van der Waals surface area contributed by atoms with Crippen molar-refractivity contribution in [2.75, 3.05) is 23.4 Å². The molecule has 1 aliphatic rings. The molecule has 1 aromatic carbocycles. The van der Waals surface area contributed by atoms with E-state index in [1.807, 2.05) is 38.1 Å². The van der Waals surface area contributed by atoms with Crippen molar-refractivity contribution in [3.8, 4) is 0 Å². The summed E-state index contributed by atoms with van der Waals surface area (Å²) in [4.78, 5) is 26.1. The highest BCUT2D eigenvalue weighted by Crippen LogP contribution is 2.34. The van der Waals surface area contributed by atoms with Crippen LogP contribution in [0.4, 0.5) is 11.4 Å². The van der Waals surface area contributed by atoms with E-state index in [-0.39, 0.29) is 18.4 Å². The van der Waals surface area contributed by atoms with Crippen LogP contribution in [0.2, 0.25) is 0 Å². The second-order valence-electron chi connectivity index (χ2n) is 6.56. The molecule has 0 spiro atoms. The number of hydrogen-bond donors (Lipinski definition) is 1. The lowest BCUT2D eigenvalue weighted by atomic mass is 9.98. The fraction of sp³-hybridized carbons (Fsp3) is 0.529. The average molecular weight is 304 g/mol. The van der Waals surface area contributed by atoms with Crippen LogP contribution in [-0.4, -0.2) is 30.6 Å². The molecule has 2 rings (SSSR count). The predicted molar refractivity (Wildman–Crippen MR) is 86.9 cm³/mol. The maximum atomic E-state index is 12.6. The normalized spacial score (nSPS) is 16.2. The largest absolute Gasteiger partial charge is 0.464 e. The maximum Gasteiger partial charge on any atom is 0.326 e. The summed E-state index contributed by atoms with van der Waals surface area (Å²) in [5.41, 5.74) is 0.821. The summed E-state index contributed by atoms with van der Waals surface area (Å²) in [7, 11) is 0. The van der Waals surface area contributed by atoms with Crippen molar-refractivity contribution >= 4 is 23.3 Å². The Morgan fingerprint density at radius 1 is 1.32 bits per heavy atom. The molecule has 0 unspecified atom stereocenters. The summed E-state index contributed by atoms with van der Waals surface area (Å²) in [5.74, 6) is -0.0261. The molecular formula is C17H24N2O3. The summed E-state index contributed by atoms with van der Waals surface area (Å²) in [6.45, 7) is 8.10. The van der Waals surface area contributed by atoms with E-state index in [2.05, 4.69) is 19.2 Å². The number of esters is 1. The first-order valence-corrected chi connectivity index (χ1v) is 7.66. The Hall–Kier alpha value is -2.04. The Balaban J connectivity index is 2.11. The number of para-hydroxylation sites is 2. The zero-order chi connectivity index (χ0) is 16.3. The Morgan fingerprint density at radius 2 is 2.00 bits per heavy atom. The molecule has 0 fully saturated rings. The van der Waals surface area contributed by atoms with Crippen LogP contribution in [0.25, 0.3) is 0 Å². The number of ether oxygens (including phenoxy) is 1. The van der Waals surface area contributed by atoms with Crippen molar-refractivity contribution in [1.82, 2.24) is 0 Å². The smallest absolute Gasteiger partial charge is 0.326 e. The fourth-order valence-corrected chi connectivity index (χ4v) is 2.39. The molecule has 0 saturated heterocycles. The monoisotopic (exact) mass is 304 g/mol. The van der Waals surface area contributed by atoms with Gasteiger partial charge in [0.15, 0.2) is 0 Å². The number of carbonyl (C=O) groups is 2. The van der Waals surface area contributed by atoms with Gasteiger partial charge in [0.2, 0.25) is 0 Å². The molecule has 0 atom stereocenters. The minimum atomic E-state index is -0.743. The number of rotatable bonds is 5. The van der Waals surface area contributed by atoms with Gasteiger partial charge in [0, 0.05) is 0 Å². The molecule has 0 aromatic heterocycles. The summed E-state index contributed by atoms with van der Waals surface area (Å²) in [6.07, 6.45) is 0.823. The molecule has 0 aliphatic carbocycles. The Morgan fingerprint density at radius 3 is 2.68 bits per heavy atom. The number of hydrogen-bond acceptors (Lipinski definition) is 4. The van der Waals surface area contributed by atoms with Gasteiger partial charge in [0.05, 0.1) is 18.0 Å². The van der Waals surface area contributed by atoms with Crippen molar-refractivity contribution in [2.45, 2.75) is 39.7 Å². The first kappa shape index (κ1) is 16.3. The number of nitrogens with one attached hydrogen (secondary N) is 1. The van der Waals surface area contributed by atoms with Crippen LogP contribution in [0.5, 0.6) is 0 Å². The number of fused-ring (bicyclic) bond motifs is 1. The van der Waals surface area contributed by atoms with Crippen molar-refractivity contribution in [3.05, 3.63) is 24.3 Å². The number of benzene rings is 1. The maximum absolute atomic E-state index is 12.6. The molecule has 0 radical (unpaired) electrons. The lowest BCUT2D eigenvalue weighted by Crippen LogP contribution is -2.55. The SMILES string of the molecule is CC(C)CCOC(=O)CN1C(=O)C(C)(C)Nc2ccccc21. The van der Waals surface area contributed by atoms with E-state index in [1.165, 1.54) is 4.90 Å². The van der Waals surface area contributed by atoms with Crippen molar-refractivity contribution in [2.24, 2.45) is 5.92 Å². The van der Waals surface area contributed by atoms with Gasteiger partial charge in [-0.15, -0.1) is 0 Å².